The van der Waals surface area contributed by atoms with Gasteiger partial charge in [-0.3, -0.25) is 9.59 Å². The first-order valence-electron chi connectivity index (χ1n) is 9.73. The number of benzene rings is 3. The molecule has 0 aliphatic carbocycles. The predicted molar refractivity (Wildman–Crippen MR) is 113 cm³/mol. The van der Waals surface area contributed by atoms with Gasteiger partial charge in [-0.05, 0) is 42.5 Å². The molecule has 0 spiro atoms. The van der Waals surface area contributed by atoms with Crippen LogP contribution in [0, 0.1) is 0 Å². The van der Waals surface area contributed by atoms with Gasteiger partial charge < -0.3 is 15.0 Å². The second-order valence-electron chi connectivity index (χ2n) is 7.24. The van der Waals surface area contributed by atoms with Gasteiger partial charge in [0.25, 0.3) is 11.8 Å². The molecule has 5 rings (SSSR count). The van der Waals surface area contributed by atoms with E-state index in [-0.39, 0.29) is 11.8 Å². The van der Waals surface area contributed by atoms with Gasteiger partial charge in [0, 0.05) is 53.8 Å². The van der Waals surface area contributed by atoms with Crippen LogP contribution in [-0.4, -0.2) is 45.1 Å². The fraction of sp³-hybridized carbons (Fsp3) is 0.217. The van der Waals surface area contributed by atoms with Gasteiger partial charge in [-0.15, -0.1) is 0 Å². The van der Waals surface area contributed by atoms with Crippen molar-refractivity contribution in [1.82, 2.24) is 5.32 Å². The number of ether oxygens (including phenoxy) is 1. The molecule has 6 heteroatoms. The molecule has 2 aliphatic rings. The number of rotatable bonds is 3. The number of carbonyl (C=O) groups excluding carboxylic acids is 2. The molecule has 1 saturated heterocycles. The number of hydrogen-bond donors (Lipinski definition) is 1. The van der Waals surface area contributed by atoms with Gasteiger partial charge in [0.05, 0.1) is 12.8 Å². The Morgan fingerprint density at radius 3 is 2.24 bits per heavy atom. The first-order chi connectivity index (χ1) is 14.2. The van der Waals surface area contributed by atoms with Gasteiger partial charge in [-0.2, -0.15) is 0 Å². The average molecular weight is 387 g/mol. The van der Waals surface area contributed by atoms with Crippen LogP contribution in [0.1, 0.15) is 20.7 Å². The van der Waals surface area contributed by atoms with Crippen molar-refractivity contribution in [2.45, 2.75) is 0 Å². The maximum Gasteiger partial charge on any atom is 0.265 e. The molecule has 0 saturated carbocycles. The van der Waals surface area contributed by atoms with Crippen molar-refractivity contribution >= 4 is 34.0 Å². The number of methoxy groups -OCH3 is 1. The van der Waals surface area contributed by atoms with Crippen LogP contribution >= 0.6 is 0 Å². The summed E-state index contributed by atoms with van der Waals surface area (Å²) in [6, 6.07) is 16.5. The second-order valence-corrected chi connectivity index (χ2v) is 7.24. The zero-order valence-electron chi connectivity index (χ0n) is 16.1. The molecule has 0 radical (unpaired) electrons. The maximum atomic E-state index is 13.3. The minimum atomic E-state index is -0.296. The molecule has 2 amide bonds. The molecule has 1 fully saturated rings. The van der Waals surface area contributed by atoms with Crippen LogP contribution in [0.2, 0.25) is 0 Å². The van der Waals surface area contributed by atoms with Gasteiger partial charge in [0.1, 0.15) is 5.75 Å². The van der Waals surface area contributed by atoms with Crippen molar-refractivity contribution in [3.05, 3.63) is 65.7 Å². The summed E-state index contributed by atoms with van der Waals surface area (Å²) in [4.78, 5) is 30.2. The Balaban J connectivity index is 1.64. The number of amides is 2. The smallest absolute Gasteiger partial charge is 0.265 e. The van der Waals surface area contributed by atoms with Crippen molar-refractivity contribution < 1.29 is 14.3 Å². The highest BCUT2D eigenvalue weighted by molar-refractivity contribution is 6.36. The van der Waals surface area contributed by atoms with Crippen molar-refractivity contribution in [2.75, 3.05) is 43.1 Å². The summed E-state index contributed by atoms with van der Waals surface area (Å²) < 4.78 is 5.19. The third kappa shape index (κ3) is 2.76. The molecule has 0 unspecified atom stereocenters. The zero-order chi connectivity index (χ0) is 20.0. The monoisotopic (exact) mass is 387 g/mol. The van der Waals surface area contributed by atoms with E-state index in [4.69, 9.17) is 4.74 Å². The van der Waals surface area contributed by atoms with Crippen LogP contribution in [0.25, 0.3) is 10.8 Å². The Kier molecular flexibility index (Phi) is 4.21. The van der Waals surface area contributed by atoms with E-state index >= 15 is 0 Å². The van der Waals surface area contributed by atoms with Crippen molar-refractivity contribution in [3.63, 3.8) is 0 Å². The minimum absolute atomic E-state index is 0.296. The Morgan fingerprint density at radius 1 is 0.862 bits per heavy atom. The van der Waals surface area contributed by atoms with Crippen molar-refractivity contribution in [2.24, 2.45) is 0 Å². The Hall–Kier alpha value is -3.38. The van der Waals surface area contributed by atoms with Crippen LogP contribution in [0.4, 0.5) is 11.4 Å². The fourth-order valence-corrected chi connectivity index (χ4v) is 4.23. The third-order valence-corrected chi connectivity index (χ3v) is 5.67. The van der Waals surface area contributed by atoms with Crippen LogP contribution in [-0.2, 0) is 0 Å². The Morgan fingerprint density at radius 2 is 1.55 bits per heavy atom. The zero-order valence-corrected chi connectivity index (χ0v) is 16.1. The largest absolute Gasteiger partial charge is 0.497 e. The van der Waals surface area contributed by atoms with E-state index in [1.165, 1.54) is 4.90 Å². The lowest BCUT2D eigenvalue weighted by atomic mass is 9.92. The Labute approximate surface area is 168 Å². The number of nitrogens with one attached hydrogen (secondary N) is 1. The molecule has 3 aromatic rings. The summed E-state index contributed by atoms with van der Waals surface area (Å²) in [5.41, 5.74) is 2.73. The average Bonchev–Trinajstić information content (AvgIpc) is 2.78. The summed E-state index contributed by atoms with van der Waals surface area (Å²) in [5, 5.41) is 5.07. The fourth-order valence-electron chi connectivity index (χ4n) is 4.23. The summed E-state index contributed by atoms with van der Waals surface area (Å²) in [6.07, 6.45) is 0. The summed E-state index contributed by atoms with van der Waals surface area (Å²) in [5.74, 6) is 0.0836. The Bertz CT molecular complexity index is 1100. The van der Waals surface area contributed by atoms with Crippen molar-refractivity contribution in [3.8, 4) is 5.75 Å². The SMILES string of the molecule is COc1ccc(N2C(=O)c3cccc4c(N5CCNCC5)ccc(c34)C2=O)cc1. The van der Waals surface area contributed by atoms with Crippen LogP contribution < -0.4 is 19.9 Å². The van der Waals surface area contributed by atoms with E-state index in [0.29, 0.717) is 22.6 Å². The van der Waals surface area contributed by atoms with Crippen LogP contribution in [0.5, 0.6) is 5.75 Å². The quantitative estimate of drug-likeness (QED) is 0.700. The minimum Gasteiger partial charge on any atom is -0.497 e. The highest BCUT2D eigenvalue weighted by Crippen LogP contribution is 2.37. The molecule has 2 aliphatic heterocycles. The molecular weight excluding hydrogens is 366 g/mol. The highest BCUT2D eigenvalue weighted by Gasteiger charge is 2.34. The topological polar surface area (TPSA) is 61.9 Å². The normalized spacial score (nSPS) is 16.4. The van der Waals surface area contributed by atoms with E-state index in [2.05, 4.69) is 10.2 Å². The summed E-state index contributed by atoms with van der Waals surface area (Å²) >= 11 is 0. The third-order valence-electron chi connectivity index (χ3n) is 5.67. The molecular formula is C23H21N3O3. The van der Waals surface area contributed by atoms with Crippen LogP contribution in [0.15, 0.2) is 54.6 Å². The summed E-state index contributed by atoms with van der Waals surface area (Å²) in [6.45, 7) is 3.65. The van der Waals surface area contributed by atoms with Gasteiger partial charge in [0.2, 0.25) is 0 Å². The number of carbonyl (C=O) groups is 2. The molecule has 1 N–H and O–H groups in total. The number of hydrogen-bond acceptors (Lipinski definition) is 5. The van der Waals surface area contributed by atoms with Crippen molar-refractivity contribution in [1.29, 1.82) is 0 Å². The summed E-state index contributed by atoms with van der Waals surface area (Å²) in [7, 11) is 1.58. The molecule has 0 aromatic heterocycles. The van der Waals surface area contributed by atoms with E-state index in [1.807, 2.05) is 24.3 Å². The molecule has 3 aromatic carbocycles. The van der Waals surface area contributed by atoms with Gasteiger partial charge in [0.15, 0.2) is 0 Å². The lowest BCUT2D eigenvalue weighted by Crippen LogP contribution is -2.44. The highest BCUT2D eigenvalue weighted by atomic mass is 16.5. The lowest BCUT2D eigenvalue weighted by Gasteiger charge is -2.32. The predicted octanol–water partition coefficient (Wildman–Crippen LogP) is 3.06. The molecule has 2 heterocycles. The molecule has 29 heavy (non-hydrogen) atoms. The van der Waals surface area contributed by atoms with Gasteiger partial charge in [-0.1, -0.05) is 12.1 Å². The number of nitrogens with zero attached hydrogens (tertiary/aromatic N) is 2. The molecule has 146 valence electrons. The number of imide groups is 1. The van der Waals surface area contributed by atoms with Crippen LogP contribution in [0.3, 0.4) is 0 Å². The van der Waals surface area contributed by atoms with Gasteiger partial charge >= 0.3 is 0 Å². The standard InChI is InChI=1S/C23H21N3O3/c1-29-16-7-5-15(6-8-16)26-22(27)18-4-2-3-17-20(25-13-11-24-12-14-25)10-9-19(21(17)18)23(26)28/h2-10,24H,11-14H2,1H3. The second kappa shape index (κ2) is 6.90. The maximum absolute atomic E-state index is 13.3. The molecule has 0 atom stereocenters. The van der Waals surface area contributed by atoms with Gasteiger partial charge in [-0.25, -0.2) is 4.90 Å². The van der Waals surface area contributed by atoms with E-state index in [9.17, 15) is 9.59 Å². The number of anilines is 2. The first kappa shape index (κ1) is 17.7. The molecule has 6 nitrogen and oxygen atoms in total. The van der Waals surface area contributed by atoms with E-state index in [1.54, 1.807) is 37.4 Å². The lowest BCUT2D eigenvalue weighted by molar-refractivity contribution is 0.0893. The van der Waals surface area contributed by atoms with E-state index < -0.39 is 0 Å². The molecule has 0 bridgehead atoms. The van der Waals surface area contributed by atoms with E-state index in [0.717, 1.165) is 42.6 Å². The number of piperazine rings is 1. The first-order valence-corrected chi connectivity index (χ1v) is 9.73.